The van der Waals surface area contributed by atoms with E-state index in [2.05, 4.69) is 15.5 Å². The fourth-order valence-corrected chi connectivity index (χ4v) is 8.06. The van der Waals surface area contributed by atoms with Crippen molar-refractivity contribution in [2.75, 3.05) is 44.1 Å². The van der Waals surface area contributed by atoms with E-state index in [1.165, 1.54) is 26.4 Å². The SMILES string of the molecule is CCNC(=O)c1ccc(N2C[C@H]3C[C@@H](C2)c2cccc(=O)n2C3)c(NC2=CC(=O)C3(Oc4c(Cl)c(OC)cc(OC)c4C3=O)C(C)C2)c1. The molecule has 1 aliphatic carbocycles. The fourth-order valence-electron chi connectivity index (χ4n) is 7.80. The Morgan fingerprint density at radius 3 is 2.58 bits per heavy atom. The number of aromatic nitrogens is 1. The number of benzene rings is 2. The highest BCUT2D eigenvalue weighted by atomic mass is 35.5. The Kier molecular flexibility index (Phi) is 7.98. The van der Waals surface area contributed by atoms with Crippen molar-refractivity contribution < 1.29 is 28.6 Å². The Bertz CT molecular complexity index is 1950. The molecule has 12 heteroatoms. The summed E-state index contributed by atoms with van der Waals surface area (Å²) >= 11 is 6.56. The maximum Gasteiger partial charge on any atom is 0.251 e. The predicted octanol–water partition coefficient (Wildman–Crippen LogP) is 4.81. The molecule has 48 heavy (non-hydrogen) atoms. The van der Waals surface area contributed by atoms with Crippen molar-refractivity contribution >= 4 is 40.4 Å². The second-order valence-electron chi connectivity index (χ2n) is 12.9. The number of amides is 1. The monoisotopic (exact) mass is 672 g/mol. The van der Waals surface area contributed by atoms with Crippen molar-refractivity contribution in [1.29, 1.82) is 0 Å². The van der Waals surface area contributed by atoms with E-state index < -0.39 is 23.1 Å². The summed E-state index contributed by atoms with van der Waals surface area (Å²) in [5.74, 6) is -0.814. The largest absolute Gasteiger partial charge is 0.496 e. The molecule has 1 fully saturated rings. The molecule has 2 N–H and O–H groups in total. The first-order chi connectivity index (χ1) is 23.1. The van der Waals surface area contributed by atoms with Gasteiger partial charge in [-0.15, -0.1) is 0 Å². The van der Waals surface area contributed by atoms with E-state index in [9.17, 15) is 19.2 Å². The van der Waals surface area contributed by atoms with E-state index in [1.54, 1.807) is 25.1 Å². The summed E-state index contributed by atoms with van der Waals surface area (Å²) in [5.41, 5.74) is 1.99. The number of ether oxygens (including phenoxy) is 3. The molecule has 1 amide bonds. The molecular weight excluding hydrogens is 636 g/mol. The van der Waals surface area contributed by atoms with Gasteiger partial charge in [-0.25, -0.2) is 0 Å². The lowest BCUT2D eigenvalue weighted by molar-refractivity contribution is -0.129. The number of nitrogens with one attached hydrogen (secondary N) is 2. The average molecular weight is 673 g/mol. The van der Waals surface area contributed by atoms with E-state index >= 15 is 0 Å². The van der Waals surface area contributed by atoms with Gasteiger partial charge in [-0.05, 0) is 49.9 Å². The topological polar surface area (TPSA) is 128 Å². The zero-order chi connectivity index (χ0) is 33.9. The van der Waals surface area contributed by atoms with Gasteiger partial charge in [0.05, 0.1) is 25.6 Å². The summed E-state index contributed by atoms with van der Waals surface area (Å²) in [6.07, 6.45) is 2.71. The number of pyridine rings is 1. The number of hydrogen-bond acceptors (Lipinski definition) is 9. The van der Waals surface area contributed by atoms with E-state index in [0.717, 1.165) is 24.3 Å². The van der Waals surface area contributed by atoms with Gasteiger partial charge in [-0.3, -0.25) is 19.2 Å². The number of ketones is 2. The highest BCUT2D eigenvalue weighted by molar-refractivity contribution is 6.36. The number of carbonyl (C=O) groups excluding carboxylic acids is 3. The summed E-state index contributed by atoms with van der Waals surface area (Å²) < 4.78 is 18.9. The van der Waals surface area contributed by atoms with Gasteiger partial charge in [0, 0.05) is 73.2 Å². The van der Waals surface area contributed by atoms with Crippen LogP contribution in [0.15, 0.2) is 59.0 Å². The van der Waals surface area contributed by atoms with Crippen molar-refractivity contribution in [2.45, 2.75) is 44.8 Å². The van der Waals surface area contributed by atoms with Crippen molar-refractivity contribution in [3.05, 3.63) is 86.4 Å². The van der Waals surface area contributed by atoms with Crippen LogP contribution in [-0.4, -0.2) is 61.5 Å². The lowest BCUT2D eigenvalue weighted by Gasteiger charge is -2.44. The molecule has 3 aromatic rings. The van der Waals surface area contributed by atoms with Crippen LogP contribution in [-0.2, 0) is 11.3 Å². The minimum Gasteiger partial charge on any atom is -0.496 e. The third-order valence-electron chi connectivity index (χ3n) is 10.0. The van der Waals surface area contributed by atoms with Gasteiger partial charge in [0.25, 0.3) is 11.5 Å². The number of hydrogen-bond donors (Lipinski definition) is 2. The second-order valence-corrected chi connectivity index (χ2v) is 13.3. The third kappa shape index (κ3) is 4.94. The number of methoxy groups -OCH3 is 2. The van der Waals surface area contributed by atoms with Crippen LogP contribution in [0.25, 0.3) is 0 Å². The summed E-state index contributed by atoms with van der Waals surface area (Å²) in [6, 6.07) is 12.5. The number of Topliss-reactive ketones (excluding diaryl/α,β-unsaturated/α-hetero) is 1. The number of piperidine rings is 1. The van der Waals surface area contributed by atoms with Gasteiger partial charge in [0.1, 0.15) is 22.1 Å². The third-order valence-corrected chi connectivity index (χ3v) is 10.4. The Hall–Kier alpha value is -4.77. The zero-order valence-corrected chi connectivity index (χ0v) is 28.0. The van der Waals surface area contributed by atoms with Gasteiger partial charge in [0.15, 0.2) is 5.75 Å². The van der Waals surface area contributed by atoms with Crippen LogP contribution >= 0.6 is 11.6 Å². The second kappa shape index (κ2) is 12.0. The molecule has 1 saturated heterocycles. The fraction of sp³-hybridized carbons (Fsp3) is 0.389. The van der Waals surface area contributed by atoms with Gasteiger partial charge in [0.2, 0.25) is 17.2 Å². The molecule has 3 aliphatic heterocycles. The van der Waals surface area contributed by atoms with Gasteiger partial charge < -0.3 is 34.3 Å². The molecule has 0 saturated carbocycles. The van der Waals surface area contributed by atoms with E-state index in [0.29, 0.717) is 43.0 Å². The maximum atomic E-state index is 14.0. The van der Waals surface area contributed by atoms with E-state index in [4.69, 9.17) is 25.8 Å². The smallest absolute Gasteiger partial charge is 0.251 e. The normalized spacial score (nSPS) is 24.0. The maximum absolute atomic E-state index is 14.0. The zero-order valence-electron chi connectivity index (χ0n) is 27.2. The molecule has 1 spiro atoms. The van der Waals surface area contributed by atoms with Crippen LogP contribution in [0.1, 0.15) is 59.0 Å². The van der Waals surface area contributed by atoms with Crippen molar-refractivity contribution in [1.82, 2.24) is 9.88 Å². The molecule has 4 atom stereocenters. The minimum absolute atomic E-state index is 0.0257. The molecule has 0 radical (unpaired) electrons. The Morgan fingerprint density at radius 1 is 1.06 bits per heavy atom. The van der Waals surface area contributed by atoms with Crippen molar-refractivity contribution in [3.8, 4) is 17.2 Å². The van der Waals surface area contributed by atoms with Gasteiger partial charge in [-0.2, -0.15) is 0 Å². The quantitative estimate of drug-likeness (QED) is 0.340. The number of rotatable bonds is 7. The molecule has 1 aromatic heterocycles. The number of anilines is 2. The molecule has 11 nitrogen and oxygen atoms in total. The first-order valence-corrected chi connectivity index (χ1v) is 16.5. The lowest BCUT2D eigenvalue weighted by atomic mass is 9.74. The van der Waals surface area contributed by atoms with Crippen LogP contribution in [0, 0.1) is 11.8 Å². The lowest BCUT2D eigenvalue weighted by Crippen LogP contribution is -2.55. The minimum atomic E-state index is -1.81. The molecule has 2 bridgehead atoms. The number of halogens is 1. The van der Waals surface area contributed by atoms with Crippen LogP contribution in [0.2, 0.25) is 5.02 Å². The highest BCUT2D eigenvalue weighted by Crippen LogP contribution is 2.53. The summed E-state index contributed by atoms with van der Waals surface area (Å²) in [7, 11) is 2.87. The van der Waals surface area contributed by atoms with Gasteiger partial charge in [-0.1, -0.05) is 24.6 Å². The van der Waals surface area contributed by atoms with Crippen molar-refractivity contribution in [3.63, 3.8) is 0 Å². The van der Waals surface area contributed by atoms with Crippen molar-refractivity contribution in [2.24, 2.45) is 11.8 Å². The molecule has 4 heterocycles. The van der Waals surface area contributed by atoms with Crippen LogP contribution in [0.3, 0.4) is 0 Å². The summed E-state index contributed by atoms with van der Waals surface area (Å²) in [4.78, 5) is 55.8. The Balaban J connectivity index is 1.22. The predicted molar refractivity (Wildman–Crippen MR) is 181 cm³/mol. The first kappa shape index (κ1) is 31.8. The standard InChI is InChI=1S/C36H37ClN4O7/c1-5-38-35(45)21-9-10-26(40-16-20-12-22(18-40)25-7-6-8-30(43)41(25)17-20)24(13-21)39-23-11-19(2)36(29(42)14-23)34(44)31-27(46-3)15-28(47-4)32(37)33(31)48-36/h6-10,13-15,19-20,22,39H,5,11-12,16-18H2,1-4H3,(H,38,45)/t19?,20-,22+,36?/m1/s1. The Morgan fingerprint density at radius 2 is 1.85 bits per heavy atom. The molecule has 4 aliphatic rings. The number of carbonyl (C=O) groups is 3. The average Bonchev–Trinajstić information content (AvgIpc) is 3.39. The summed E-state index contributed by atoms with van der Waals surface area (Å²) in [6.45, 7) is 6.22. The van der Waals surface area contributed by atoms with Gasteiger partial charge >= 0.3 is 0 Å². The molecule has 250 valence electrons. The molecule has 7 rings (SSSR count). The number of nitrogens with zero attached hydrogens (tertiary/aromatic N) is 2. The number of allylic oxidation sites excluding steroid dienone is 1. The summed E-state index contributed by atoms with van der Waals surface area (Å²) in [5, 5.41) is 6.41. The van der Waals surface area contributed by atoms with Crippen LogP contribution in [0.4, 0.5) is 11.4 Å². The van der Waals surface area contributed by atoms with Crippen LogP contribution < -0.4 is 35.3 Å². The molecular formula is C36H37ClN4O7. The highest BCUT2D eigenvalue weighted by Gasteiger charge is 2.60. The first-order valence-electron chi connectivity index (χ1n) is 16.2. The Labute approximate surface area is 282 Å². The van der Waals surface area contributed by atoms with Crippen LogP contribution in [0.5, 0.6) is 17.2 Å². The molecule has 2 unspecified atom stereocenters. The number of fused-ring (bicyclic) bond motifs is 5. The molecule has 2 aromatic carbocycles. The van der Waals surface area contributed by atoms with E-state index in [1.807, 2.05) is 29.7 Å². The van der Waals surface area contributed by atoms with E-state index in [-0.39, 0.29) is 51.1 Å².